The number of thiophene rings is 1. The Hall–Kier alpha value is -2.72. The average molecular weight is 467 g/mol. The first-order chi connectivity index (χ1) is 16.7. The van der Waals surface area contributed by atoms with Gasteiger partial charge in [-0.25, -0.2) is 0 Å². The number of hydrogen-bond acceptors (Lipinski definition) is 3. The smallest absolute Gasteiger partial charge is 0.0607 e. The molecule has 0 amide bonds. The fourth-order valence-corrected chi connectivity index (χ4v) is 6.15. The van der Waals surface area contributed by atoms with Gasteiger partial charge in [0.25, 0.3) is 0 Å². The fraction of sp³-hybridized carbons (Fsp3) is 0.290. The van der Waals surface area contributed by atoms with Gasteiger partial charge in [-0.3, -0.25) is 4.90 Å². The lowest BCUT2D eigenvalue weighted by Crippen LogP contribution is -2.51. The molecule has 174 valence electrons. The normalized spacial score (nSPS) is 16.1. The summed E-state index contributed by atoms with van der Waals surface area (Å²) in [5, 5.41) is 6.17. The van der Waals surface area contributed by atoms with Crippen LogP contribution < -0.4 is 5.32 Å². The lowest BCUT2D eigenvalue weighted by atomic mass is 9.79. The molecule has 4 aromatic rings. The average Bonchev–Trinajstić information content (AvgIpc) is 3.40. The topological polar surface area (TPSA) is 15.3 Å². The van der Waals surface area contributed by atoms with Crippen molar-refractivity contribution in [3.05, 3.63) is 129 Å². The number of piperidine rings is 1. The molecule has 3 aromatic carbocycles. The summed E-state index contributed by atoms with van der Waals surface area (Å²) in [5.74, 6) is 0. The van der Waals surface area contributed by atoms with Crippen LogP contribution in [0.1, 0.15) is 51.6 Å². The van der Waals surface area contributed by atoms with Gasteiger partial charge in [0, 0.05) is 30.1 Å². The van der Waals surface area contributed by atoms with E-state index in [9.17, 15) is 0 Å². The molecule has 0 unspecified atom stereocenters. The maximum Gasteiger partial charge on any atom is 0.0607 e. The van der Waals surface area contributed by atoms with Gasteiger partial charge in [0.15, 0.2) is 0 Å². The fourth-order valence-electron chi connectivity index (χ4n) is 5.51. The van der Waals surface area contributed by atoms with E-state index in [1.807, 2.05) is 11.3 Å². The Labute approximate surface area is 208 Å². The second-order valence-electron chi connectivity index (χ2n) is 9.53. The van der Waals surface area contributed by atoms with Crippen LogP contribution in [0.25, 0.3) is 0 Å². The van der Waals surface area contributed by atoms with Crippen LogP contribution in [0.2, 0.25) is 0 Å². The molecule has 1 fully saturated rings. The zero-order valence-corrected chi connectivity index (χ0v) is 21.0. The van der Waals surface area contributed by atoms with E-state index in [0.717, 1.165) is 32.5 Å². The molecule has 5 rings (SSSR count). The number of likely N-dealkylation sites (tertiary alicyclic amines) is 1. The van der Waals surface area contributed by atoms with Gasteiger partial charge < -0.3 is 5.32 Å². The summed E-state index contributed by atoms with van der Waals surface area (Å²) >= 11 is 1.84. The van der Waals surface area contributed by atoms with Crippen LogP contribution in [0, 0.1) is 13.8 Å². The van der Waals surface area contributed by atoms with Crippen LogP contribution in [-0.2, 0) is 12.1 Å². The first kappa shape index (κ1) is 23.0. The summed E-state index contributed by atoms with van der Waals surface area (Å²) in [6, 6.07) is 33.6. The highest BCUT2D eigenvalue weighted by atomic mass is 32.1. The van der Waals surface area contributed by atoms with Gasteiger partial charge >= 0.3 is 0 Å². The lowest BCUT2D eigenvalue weighted by Gasteiger charge is -2.46. The molecule has 2 nitrogen and oxygen atoms in total. The van der Waals surface area contributed by atoms with E-state index in [-0.39, 0.29) is 11.6 Å². The predicted molar refractivity (Wildman–Crippen MR) is 144 cm³/mol. The maximum atomic E-state index is 4.00. The van der Waals surface area contributed by atoms with E-state index in [2.05, 4.69) is 120 Å². The highest BCUT2D eigenvalue weighted by Gasteiger charge is 2.38. The molecule has 0 spiro atoms. The lowest BCUT2D eigenvalue weighted by molar-refractivity contribution is 0.108. The van der Waals surface area contributed by atoms with Gasteiger partial charge in [-0.1, -0.05) is 84.9 Å². The first-order valence-corrected chi connectivity index (χ1v) is 13.2. The minimum atomic E-state index is 0.00374. The van der Waals surface area contributed by atoms with Gasteiger partial charge in [-0.15, -0.1) is 11.3 Å². The minimum Gasteiger partial charge on any atom is -0.302 e. The molecular formula is C31H34N2S. The second-order valence-corrected chi connectivity index (χ2v) is 10.6. The zero-order chi connectivity index (χ0) is 23.4. The highest BCUT2D eigenvalue weighted by molar-refractivity contribution is 7.09. The van der Waals surface area contributed by atoms with Crippen LogP contribution in [0.4, 0.5) is 0 Å². The van der Waals surface area contributed by atoms with Crippen molar-refractivity contribution in [3.63, 3.8) is 0 Å². The van der Waals surface area contributed by atoms with Crippen molar-refractivity contribution in [2.75, 3.05) is 13.1 Å². The number of aryl methyl sites for hydroxylation is 2. The summed E-state index contributed by atoms with van der Waals surface area (Å²) in [6.45, 7) is 7.54. The van der Waals surface area contributed by atoms with E-state index >= 15 is 0 Å². The van der Waals surface area contributed by atoms with Crippen molar-refractivity contribution in [1.29, 1.82) is 0 Å². The molecule has 3 heteroatoms. The molecule has 0 atom stereocenters. The first-order valence-electron chi connectivity index (χ1n) is 12.3. The Balaban J connectivity index is 1.45. The summed E-state index contributed by atoms with van der Waals surface area (Å²) in [5.41, 5.74) is 7.00. The van der Waals surface area contributed by atoms with Crippen molar-refractivity contribution in [1.82, 2.24) is 10.2 Å². The number of hydrogen-bond donors (Lipinski definition) is 1. The SMILES string of the molecule is Cc1ccccc1C(c1ccccc1C)N1CCC(NCc2cccs2)(c2ccccc2)CC1. The minimum absolute atomic E-state index is 0.00374. The Morgan fingerprint density at radius 1 is 0.765 bits per heavy atom. The largest absolute Gasteiger partial charge is 0.302 e. The summed E-state index contributed by atoms with van der Waals surface area (Å²) in [6.07, 6.45) is 2.19. The predicted octanol–water partition coefficient (Wildman–Crippen LogP) is 7.24. The number of benzene rings is 3. The molecule has 1 aliphatic heterocycles. The molecule has 2 heterocycles. The second kappa shape index (κ2) is 10.3. The summed E-state index contributed by atoms with van der Waals surface area (Å²) in [7, 11) is 0. The van der Waals surface area contributed by atoms with Crippen LogP contribution in [0.3, 0.4) is 0 Å². The molecule has 34 heavy (non-hydrogen) atoms. The van der Waals surface area contributed by atoms with Crippen molar-refractivity contribution < 1.29 is 0 Å². The van der Waals surface area contributed by atoms with E-state index in [1.54, 1.807) is 0 Å². The Kier molecular flexibility index (Phi) is 6.96. The van der Waals surface area contributed by atoms with Crippen LogP contribution in [-0.4, -0.2) is 18.0 Å². The third-order valence-corrected chi connectivity index (χ3v) is 8.37. The van der Waals surface area contributed by atoms with E-state index in [0.29, 0.717) is 0 Å². The molecular weight excluding hydrogens is 432 g/mol. The van der Waals surface area contributed by atoms with Crippen LogP contribution in [0.5, 0.6) is 0 Å². The molecule has 1 aromatic heterocycles. The molecule has 1 N–H and O–H groups in total. The summed E-state index contributed by atoms with van der Waals surface area (Å²) < 4.78 is 0. The third-order valence-electron chi connectivity index (χ3n) is 7.49. The Morgan fingerprint density at radius 2 is 1.35 bits per heavy atom. The van der Waals surface area contributed by atoms with E-state index < -0.39 is 0 Å². The van der Waals surface area contributed by atoms with E-state index in [1.165, 1.54) is 32.7 Å². The van der Waals surface area contributed by atoms with Crippen LogP contribution in [0.15, 0.2) is 96.4 Å². The van der Waals surface area contributed by atoms with Gasteiger partial charge in [0.05, 0.1) is 6.04 Å². The molecule has 0 bridgehead atoms. The molecule has 0 radical (unpaired) electrons. The molecule has 1 saturated heterocycles. The van der Waals surface area contributed by atoms with Crippen molar-refractivity contribution in [3.8, 4) is 0 Å². The molecule has 0 saturated carbocycles. The number of nitrogens with one attached hydrogen (secondary N) is 1. The molecule has 0 aliphatic carbocycles. The van der Waals surface area contributed by atoms with Gasteiger partial charge in [-0.2, -0.15) is 0 Å². The van der Waals surface area contributed by atoms with Crippen LogP contribution >= 0.6 is 11.3 Å². The Morgan fingerprint density at radius 3 is 1.91 bits per heavy atom. The van der Waals surface area contributed by atoms with Crippen molar-refractivity contribution in [2.45, 2.75) is 44.8 Å². The standard InChI is InChI=1S/C31H34N2S/c1-24-11-6-8-16-28(24)30(29-17-9-7-12-25(29)2)33-20-18-31(19-21-33,26-13-4-3-5-14-26)32-23-27-15-10-22-34-27/h3-17,22,30,32H,18-21,23H2,1-2H3. The number of rotatable bonds is 7. The zero-order valence-electron chi connectivity index (χ0n) is 20.2. The summed E-state index contributed by atoms with van der Waals surface area (Å²) in [4.78, 5) is 4.11. The van der Waals surface area contributed by atoms with E-state index in [4.69, 9.17) is 0 Å². The van der Waals surface area contributed by atoms with Gasteiger partial charge in [-0.05, 0) is 66.0 Å². The quantitative estimate of drug-likeness (QED) is 0.309. The van der Waals surface area contributed by atoms with Gasteiger partial charge in [0.2, 0.25) is 0 Å². The Bertz CT molecular complexity index is 1150. The van der Waals surface area contributed by atoms with Gasteiger partial charge in [0.1, 0.15) is 0 Å². The molecule has 1 aliphatic rings. The monoisotopic (exact) mass is 466 g/mol. The third kappa shape index (κ3) is 4.74. The van der Waals surface area contributed by atoms with Crippen molar-refractivity contribution >= 4 is 11.3 Å². The maximum absolute atomic E-state index is 4.00. The van der Waals surface area contributed by atoms with Crippen molar-refractivity contribution in [2.24, 2.45) is 0 Å². The number of nitrogens with zero attached hydrogens (tertiary/aromatic N) is 1. The highest BCUT2D eigenvalue weighted by Crippen LogP contribution is 2.40.